The molecule has 0 aliphatic heterocycles. The van der Waals surface area contributed by atoms with Crippen LogP contribution in [0.5, 0.6) is 0 Å². The number of halogens is 3. The fourth-order valence-corrected chi connectivity index (χ4v) is 1.72. The van der Waals surface area contributed by atoms with Crippen LogP contribution in [0.1, 0.15) is 11.3 Å². The lowest BCUT2D eigenvalue weighted by atomic mass is 10.1. The zero-order valence-corrected chi connectivity index (χ0v) is 10.1. The Kier molecular flexibility index (Phi) is 3.37. The van der Waals surface area contributed by atoms with E-state index < -0.39 is 11.9 Å². The first-order valence-electron chi connectivity index (χ1n) is 5.45. The van der Waals surface area contributed by atoms with Gasteiger partial charge in [-0.2, -0.15) is 18.3 Å². The fraction of sp³-hybridized carbons (Fsp3) is 0.250. The third kappa shape index (κ3) is 2.81. The summed E-state index contributed by atoms with van der Waals surface area (Å²) in [6.07, 6.45) is -3.48. The van der Waals surface area contributed by atoms with E-state index in [9.17, 15) is 13.2 Å². The molecule has 7 heteroatoms. The van der Waals surface area contributed by atoms with E-state index in [0.717, 1.165) is 11.8 Å². The van der Waals surface area contributed by atoms with E-state index in [-0.39, 0.29) is 12.4 Å². The molecule has 0 aliphatic rings. The Morgan fingerprint density at radius 1 is 1.26 bits per heavy atom. The molecule has 100 valence electrons. The zero-order chi connectivity index (χ0) is 14.0. The Hall–Kier alpha value is -2.18. The first-order chi connectivity index (χ1) is 8.91. The van der Waals surface area contributed by atoms with Crippen LogP contribution in [0.3, 0.4) is 0 Å². The lowest BCUT2D eigenvalue weighted by Crippen LogP contribution is -2.04. The lowest BCUT2D eigenvalue weighted by Gasteiger charge is -2.02. The highest BCUT2D eigenvalue weighted by Gasteiger charge is 2.34. The largest absolute Gasteiger partial charge is 0.434 e. The molecule has 0 amide bonds. The summed E-state index contributed by atoms with van der Waals surface area (Å²) in [4.78, 5) is 3.60. The summed E-state index contributed by atoms with van der Waals surface area (Å²) in [5.41, 5.74) is 7.25. The van der Waals surface area contributed by atoms with Crippen molar-refractivity contribution in [3.8, 4) is 11.4 Å². The van der Waals surface area contributed by atoms with Gasteiger partial charge in [-0.25, -0.2) is 10.5 Å². The first-order valence-corrected chi connectivity index (χ1v) is 5.45. The topological polar surface area (TPSA) is 54.0 Å². The Balaban J connectivity index is 2.36. The Bertz CT molecular complexity index is 584. The minimum atomic E-state index is -4.44. The Morgan fingerprint density at radius 2 is 1.89 bits per heavy atom. The third-order valence-electron chi connectivity index (χ3n) is 2.64. The summed E-state index contributed by atoms with van der Waals surface area (Å²) in [6.45, 7) is 0.259. The lowest BCUT2D eigenvalue weighted by molar-refractivity contribution is -0.140. The van der Waals surface area contributed by atoms with Crippen LogP contribution in [-0.2, 0) is 19.8 Å². The molecule has 1 N–H and O–H groups in total. The summed E-state index contributed by atoms with van der Waals surface area (Å²) < 4.78 is 39.0. The number of benzene rings is 1. The van der Waals surface area contributed by atoms with Crippen molar-refractivity contribution in [2.24, 2.45) is 12.2 Å². The van der Waals surface area contributed by atoms with Gasteiger partial charge in [0.05, 0.1) is 6.54 Å². The highest BCUT2D eigenvalue weighted by molar-refractivity contribution is 5.56. The van der Waals surface area contributed by atoms with E-state index >= 15 is 0 Å². The summed E-state index contributed by atoms with van der Waals surface area (Å²) >= 11 is 0. The van der Waals surface area contributed by atoms with Crippen LogP contribution < -0.4 is 0 Å². The maximum absolute atomic E-state index is 12.6. The van der Waals surface area contributed by atoms with Gasteiger partial charge in [0, 0.05) is 18.8 Å². The molecular weight excluding hydrogens is 257 g/mol. The average molecular weight is 268 g/mol. The van der Waals surface area contributed by atoms with E-state index in [1.54, 1.807) is 24.3 Å². The summed E-state index contributed by atoms with van der Waals surface area (Å²) in [5, 5.41) is 3.24. The molecule has 2 aromatic rings. The van der Waals surface area contributed by atoms with Crippen LogP contribution in [-0.4, -0.2) is 9.55 Å². The molecule has 19 heavy (non-hydrogen) atoms. The van der Waals surface area contributed by atoms with Crippen LogP contribution in [0, 0.1) is 5.53 Å². The Labute approximate surface area is 107 Å². The zero-order valence-electron chi connectivity index (χ0n) is 10.1. The number of imidazole rings is 1. The normalized spacial score (nSPS) is 11.6. The minimum absolute atomic E-state index is 0.252. The quantitative estimate of drug-likeness (QED) is 0.849. The van der Waals surface area contributed by atoms with Crippen molar-refractivity contribution in [3.05, 3.63) is 41.7 Å². The van der Waals surface area contributed by atoms with Crippen LogP contribution in [0.4, 0.5) is 13.2 Å². The van der Waals surface area contributed by atoms with Crippen molar-refractivity contribution in [2.45, 2.75) is 12.7 Å². The van der Waals surface area contributed by atoms with Gasteiger partial charge in [-0.1, -0.05) is 24.3 Å². The molecule has 1 heterocycles. The molecule has 0 aliphatic carbocycles. The number of nitrogens with one attached hydrogen (secondary N) is 1. The van der Waals surface area contributed by atoms with E-state index in [1.807, 2.05) is 0 Å². The molecule has 1 aromatic heterocycles. The van der Waals surface area contributed by atoms with Crippen LogP contribution >= 0.6 is 0 Å². The average Bonchev–Trinajstić information content (AvgIpc) is 2.73. The van der Waals surface area contributed by atoms with Crippen LogP contribution in [0.25, 0.3) is 11.4 Å². The third-order valence-corrected chi connectivity index (χ3v) is 2.64. The van der Waals surface area contributed by atoms with Crippen molar-refractivity contribution >= 4 is 0 Å². The molecule has 2 rings (SSSR count). The standard InChI is InChI=1S/C12H11F3N4/c1-19-7-10(12(13,14)15)18-11(19)9-4-2-8(3-5-9)6-17-16/h2-5,7,16H,6H2,1H3. The predicted molar refractivity (Wildman–Crippen MR) is 62.5 cm³/mol. The molecule has 4 nitrogen and oxygen atoms in total. The van der Waals surface area contributed by atoms with Gasteiger partial charge in [-0.15, -0.1) is 0 Å². The number of alkyl halides is 3. The van der Waals surface area contributed by atoms with Gasteiger partial charge < -0.3 is 4.57 Å². The number of hydrogen-bond acceptors (Lipinski definition) is 3. The summed E-state index contributed by atoms with van der Waals surface area (Å²) in [5.74, 6) is 0.252. The van der Waals surface area contributed by atoms with E-state index in [4.69, 9.17) is 5.53 Å². The fourth-order valence-electron chi connectivity index (χ4n) is 1.72. The van der Waals surface area contributed by atoms with Crippen LogP contribution in [0.15, 0.2) is 35.6 Å². The predicted octanol–water partition coefficient (Wildman–Crippen LogP) is 3.64. The van der Waals surface area contributed by atoms with Crippen LogP contribution in [0.2, 0.25) is 0 Å². The van der Waals surface area contributed by atoms with Gasteiger partial charge in [0.2, 0.25) is 0 Å². The summed E-state index contributed by atoms with van der Waals surface area (Å²) in [6, 6.07) is 6.77. The SMILES string of the molecule is Cn1cc(C(F)(F)F)nc1-c1ccc(CN=N)cc1. The van der Waals surface area contributed by atoms with Gasteiger partial charge in [0.15, 0.2) is 5.69 Å². The van der Waals surface area contributed by atoms with Gasteiger partial charge in [0.25, 0.3) is 0 Å². The van der Waals surface area contributed by atoms with Crippen molar-refractivity contribution in [1.29, 1.82) is 5.53 Å². The number of hydrogen-bond donors (Lipinski definition) is 1. The highest BCUT2D eigenvalue weighted by atomic mass is 19.4. The number of nitrogens with zero attached hydrogens (tertiary/aromatic N) is 3. The van der Waals surface area contributed by atoms with Crippen molar-refractivity contribution < 1.29 is 13.2 Å². The van der Waals surface area contributed by atoms with E-state index in [2.05, 4.69) is 10.1 Å². The smallest absolute Gasteiger partial charge is 0.333 e. The van der Waals surface area contributed by atoms with Gasteiger partial charge in [-0.3, -0.25) is 0 Å². The molecular formula is C12H11F3N4. The molecule has 0 saturated heterocycles. The maximum Gasteiger partial charge on any atom is 0.434 e. The second-order valence-corrected chi connectivity index (χ2v) is 4.07. The van der Waals surface area contributed by atoms with Gasteiger partial charge >= 0.3 is 6.18 Å². The van der Waals surface area contributed by atoms with Gasteiger partial charge in [-0.05, 0) is 5.56 Å². The second-order valence-electron chi connectivity index (χ2n) is 4.07. The molecule has 0 saturated carbocycles. The molecule has 0 fully saturated rings. The van der Waals surface area contributed by atoms with Crippen molar-refractivity contribution in [3.63, 3.8) is 0 Å². The Morgan fingerprint density at radius 3 is 2.37 bits per heavy atom. The first kappa shape index (κ1) is 13.3. The molecule has 0 unspecified atom stereocenters. The minimum Gasteiger partial charge on any atom is -0.333 e. The molecule has 0 radical (unpaired) electrons. The highest BCUT2D eigenvalue weighted by Crippen LogP contribution is 2.30. The van der Waals surface area contributed by atoms with Gasteiger partial charge in [0.1, 0.15) is 5.82 Å². The molecule has 1 aromatic carbocycles. The number of aryl methyl sites for hydroxylation is 1. The summed E-state index contributed by atoms with van der Waals surface area (Å²) in [7, 11) is 1.52. The monoisotopic (exact) mass is 268 g/mol. The van der Waals surface area contributed by atoms with Crippen molar-refractivity contribution in [1.82, 2.24) is 9.55 Å². The van der Waals surface area contributed by atoms with E-state index in [0.29, 0.717) is 5.56 Å². The molecule has 0 bridgehead atoms. The van der Waals surface area contributed by atoms with Crippen molar-refractivity contribution in [2.75, 3.05) is 0 Å². The number of rotatable bonds is 3. The van der Waals surface area contributed by atoms with E-state index in [1.165, 1.54) is 11.6 Å². The second kappa shape index (κ2) is 4.83. The molecule has 0 atom stereocenters. The molecule has 0 spiro atoms. The maximum atomic E-state index is 12.6. The number of aromatic nitrogens is 2.